The van der Waals surface area contributed by atoms with Crippen LogP contribution in [-0.2, 0) is 4.79 Å². The number of non-ortho nitro benzene ring substituents is 1. The van der Waals surface area contributed by atoms with Gasteiger partial charge in [0.1, 0.15) is 5.75 Å². The number of benzene rings is 3. The third-order valence-electron chi connectivity index (χ3n) is 3.60. The van der Waals surface area contributed by atoms with E-state index in [9.17, 15) is 14.9 Å². The minimum absolute atomic E-state index is 0.0361. The molecule has 0 bridgehead atoms. The smallest absolute Gasteiger partial charge is 0.269 e. The van der Waals surface area contributed by atoms with Crippen molar-refractivity contribution in [2.24, 2.45) is 0 Å². The van der Waals surface area contributed by atoms with E-state index in [2.05, 4.69) is 37.2 Å². The lowest BCUT2D eigenvalue weighted by molar-refractivity contribution is -0.384. The molecule has 0 saturated carbocycles. The highest BCUT2D eigenvalue weighted by Crippen LogP contribution is 2.34. The number of halogens is 2. The maximum atomic E-state index is 12.0. The molecule has 0 aromatic heterocycles. The van der Waals surface area contributed by atoms with E-state index in [0.717, 1.165) is 19.7 Å². The number of nitro benzene ring substituents is 1. The summed E-state index contributed by atoms with van der Waals surface area (Å²) < 4.78 is 7.34. The van der Waals surface area contributed by atoms with Crippen molar-refractivity contribution in [3.8, 4) is 5.75 Å². The Hall–Kier alpha value is -2.45. The quantitative estimate of drug-likeness (QED) is 0.398. The molecule has 3 aromatic rings. The molecule has 8 heteroatoms. The normalized spacial score (nSPS) is 10.5. The van der Waals surface area contributed by atoms with Crippen LogP contribution >= 0.6 is 31.9 Å². The Morgan fingerprint density at radius 3 is 2.50 bits per heavy atom. The first-order chi connectivity index (χ1) is 12.4. The largest absolute Gasteiger partial charge is 0.483 e. The minimum Gasteiger partial charge on any atom is -0.483 e. The van der Waals surface area contributed by atoms with E-state index in [0.29, 0.717) is 11.4 Å². The number of nitrogens with zero attached hydrogens (tertiary/aromatic N) is 1. The molecule has 0 unspecified atom stereocenters. The second-order valence-corrected chi connectivity index (χ2v) is 7.09. The molecular weight excluding hydrogens is 468 g/mol. The van der Waals surface area contributed by atoms with Gasteiger partial charge in [0.05, 0.1) is 9.40 Å². The fraction of sp³-hybridized carbons (Fsp3) is 0.0556. The summed E-state index contributed by atoms with van der Waals surface area (Å²) in [6, 6.07) is 15.2. The van der Waals surface area contributed by atoms with Crippen LogP contribution in [0, 0.1) is 10.1 Å². The number of amides is 1. The van der Waals surface area contributed by atoms with E-state index < -0.39 is 4.92 Å². The van der Waals surface area contributed by atoms with Gasteiger partial charge in [0.2, 0.25) is 0 Å². The lowest BCUT2D eigenvalue weighted by atomic mass is 10.1. The number of carbonyl (C=O) groups excluding carboxylic acids is 1. The molecule has 0 aliphatic carbocycles. The van der Waals surface area contributed by atoms with Gasteiger partial charge in [-0.3, -0.25) is 14.9 Å². The van der Waals surface area contributed by atoms with Gasteiger partial charge in [-0.25, -0.2) is 0 Å². The topological polar surface area (TPSA) is 81.5 Å². The zero-order chi connectivity index (χ0) is 18.7. The molecule has 1 N–H and O–H groups in total. The molecule has 0 aliphatic rings. The van der Waals surface area contributed by atoms with E-state index in [1.54, 1.807) is 6.07 Å². The second-order valence-electron chi connectivity index (χ2n) is 5.38. The van der Waals surface area contributed by atoms with Gasteiger partial charge in [-0.15, -0.1) is 0 Å². The molecule has 0 saturated heterocycles. The summed E-state index contributed by atoms with van der Waals surface area (Å²) in [6.45, 7) is -0.183. The zero-order valence-corrected chi connectivity index (χ0v) is 16.4. The molecule has 6 nitrogen and oxygen atoms in total. The van der Waals surface area contributed by atoms with Gasteiger partial charge < -0.3 is 10.1 Å². The van der Waals surface area contributed by atoms with Crippen LogP contribution in [0.15, 0.2) is 63.5 Å². The van der Waals surface area contributed by atoms with Crippen LogP contribution in [0.1, 0.15) is 0 Å². The Morgan fingerprint density at radius 1 is 1.08 bits per heavy atom. The fourth-order valence-corrected chi connectivity index (χ4v) is 3.35. The van der Waals surface area contributed by atoms with Crippen molar-refractivity contribution < 1.29 is 14.5 Å². The van der Waals surface area contributed by atoms with Gasteiger partial charge in [0.15, 0.2) is 6.61 Å². The summed E-state index contributed by atoms with van der Waals surface area (Å²) in [4.78, 5) is 22.2. The molecular formula is C18H12Br2N2O4. The highest BCUT2D eigenvalue weighted by atomic mass is 79.9. The molecule has 3 aromatic carbocycles. The standard InChI is InChI=1S/C18H12Br2N2O4/c19-12-2-7-15-11(9-12)1-8-16(18(15)20)26-10-17(23)21-13-3-5-14(6-4-13)22(24)25/h1-9H,10H2,(H,21,23). The van der Waals surface area contributed by atoms with Gasteiger partial charge in [0.25, 0.3) is 11.6 Å². The lowest BCUT2D eigenvalue weighted by Gasteiger charge is -2.11. The van der Waals surface area contributed by atoms with Crippen molar-refractivity contribution in [1.82, 2.24) is 0 Å². The predicted octanol–water partition coefficient (Wildman–Crippen LogP) is 5.29. The van der Waals surface area contributed by atoms with Gasteiger partial charge in [-0.05, 0) is 57.0 Å². The molecule has 0 radical (unpaired) electrons. The van der Waals surface area contributed by atoms with Crippen LogP contribution < -0.4 is 10.1 Å². The van der Waals surface area contributed by atoms with Crippen molar-refractivity contribution in [3.63, 3.8) is 0 Å². The molecule has 0 spiro atoms. The first-order valence-corrected chi connectivity index (χ1v) is 9.07. The molecule has 0 aliphatic heterocycles. The third-order valence-corrected chi connectivity index (χ3v) is 4.91. The van der Waals surface area contributed by atoms with Gasteiger partial charge in [-0.2, -0.15) is 0 Å². The maximum Gasteiger partial charge on any atom is 0.269 e. The summed E-state index contributed by atoms with van der Waals surface area (Å²) in [5, 5.41) is 15.3. The summed E-state index contributed by atoms with van der Waals surface area (Å²) >= 11 is 6.94. The van der Waals surface area contributed by atoms with Crippen molar-refractivity contribution in [2.45, 2.75) is 0 Å². The van der Waals surface area contributed by atoms with Crippen molar-refractivity contribution >= 4 is 59.9 Å². The van der Waals surface area contributed by atoms with Gasteiger partial charge in [0, 0.05) is 22.3 Å². The molecule has 26 heavy (non-hydrogen) atoms. The third kappa shape index (κ3) is 4.20. The predicted molar refractivity (Wildman–Crippen MR) is 107 cm³/mol. The number of carbonyl (C=O) groups is 1. The Labute approximate surface area is 165 Å². The summed E-state index contributed by atoms with van der Waals surface area (Å²) in [6.07, 6.45) is 0. The van der Waals surface area contributed by atoms with Crippen molar-refractivity contribution in [1.29, 1.82) is 0 Å². The van der Waals surface area contributed by atoms with E-state index in [4.69, 9.17) is 4.74 Å². The maximum absolute atomic E-state index is 12.0. The monoisotopic (exact) mass is 478 g/mol. The fourth-order valence-electron chi connectivity index (χ4n) is 2.36. The highest BCUT2D eigenvalue weighted by molar-refractivity contribution is 9.11. The van der Waals surface area contributed by atoms with Crippen LogP contribution in [0.5, 0.6) is 5.75 Å². The molecule has 1 amide bonds. The SMILES string of the molecule is O=C(COc1ccc2cc(Br)ccc2c1Br)Nc1ccc([N+](=O)[O-])cc1. The average molecular weight is 480 g/mol. The first-order valence-electron chi connectivity index (χ1n) is 7.49. The van der Waals surface area contributed by atoms with Gasteiger partial charge >= 0.3 is 0 Å². The van der Waals surface area contributed by atoms with Crippen LogP contribution in [0.4, 0.5) is 11.4 Å². The van der Waals surface area contributed by atoms with E-state index in [1.807, 2.05) is 24.3 Å². The number of anilines is 1. The Bertz CT molecular complexity index is 990. The number of nitro groups is 1. The lowest BCUT2D eigenvalue weighted by Crippen LogP contribution is -2.20. The van der Waals surface area contributed by atoms with Crippen LogP contribution in [0.25, 0.3) is 10.8 Å². The van der Waals surface area contributed by atoms with Crippen LogP contribution in [-0.4, -0.2) is 17.4 Å². The average Bonchev–Trinajstić information content (AvgIpc) is 2.61. The van der Waals surface area contributed by atoms with E-state index >= 15 is 0 Å². The Balaban J connectivity index is 1.65. The number of fused-ring (bicyclic) bond motifs is 1. The first kappa shape index (κ1) is 18.3. The van der Waals surface area contributed by atoms with Crippen LogP contribution in [0.2, 0.25) is 0 Å². The molecule has 132 valence electrons. The Kier molecular flexibility index (Phi) is 5.53. The molecule has 0 fully saturated rings. The molecule has 0 atom stereocenters. The summed E-state index contributed by atoms with van der Waals surface area (Å²) in [5.74, 6) is 0.195. The zero-order valence-electron chi connectivity index (χ0n) is 13.2. The Morgan fingerprint density at radius 2 is 1.81 bits per heavy atom. The van der Waals surface area contributed by atoms with Crippen molar-refractivity contribution in [3.05, 3.63) is 73.7 Å². The molecule has 3 rings (SSSR count). The number of rotatable bonds is 5. The van der Waals surface area contributed by atoms with Crippen LogP contribution in [0.3, 0.4) is 0 Å². The highest BCUT2D eigenvalue weighted by Gasteiger charge is 2.10. The van der Waals surface area contributed by atoms with Crippen molar-refractivity contribution in [2.75, 3.05) is 11.9 Å². The number of ether oxygens (including phenoxy) is 1. The number of hydrogen-bond donors (Lipinski definition) is 1. The minimum atomic E-state index is -0.496. The second kappa shape index (κ2) is 7.84. The molecule has 0 heterocycles. The summed E-state index contributed by atoms with van der Waals surface area (Å²) in [5.41, 5.74) is 0.428. The number of nitrogens with one attached hydrogen (secondary N) is 1. The van der Waals surface area contributed by atoms with E-state index in [-0.39, 0.29) is 18.2 Å². The van der Waals surface area contributed by atoms with Gasteiger partial charge in [-0.1, -0.05) is 28.1 Å². The number of hydrogen-bond acceptors (Lipinski definition) is 4. The van der Waals surface area contributed by atoms with E-state index in [1.165, 1.54) is 24.3 Å². The summed E-state index contributed by atoms with van der Waals surface area (Å²) in [7, 11) is 0.